The third-order valence-electron chi connectivity index (χ3n) is 4.21. The number of piperidine rings is 1. The molecule has 0 N–H and O–H groups in total. The zero-order valence-corrected chi connectivity index (χ0v) is 11.6. The third-order valence-corrected chi connectivity index (χ3v) is 4.21. The van der Waals surface area contributed by atoms with E-state index < -0.39 is 0 Å². The van der Waals surface area contributed by atoms with Crippen molar-refractivity contribution < 1.29 is 9.53 Å². The van der Waals surface area contributed by atoms with Crippen LogP contribution in [0.2, 0.25) is 0 Å². The summed E-state index contributed by atoms with van der Waals surface area (Å²) in [7, 11) is 0. The van der Waals surface area contributed by atoms with Crippen LogP contribution in [-0.4, -0.2) is 29.7 Å². The highest BCUT2D eigenvalue weighted by atomic mass is 16.6. The molecule has 1 aliphatic carbocycles. The topological polar surface area (TPSA) is 29.5 Å². The van der Waals surface area contributed by atoms with Gasteiger partial charge in [0.2, 0.25) is 0 Å². The Labute approximate surface area is 105 Å². The van der Waals surface area contributed by atoms with Gasteiger partial charge in [-0.1, -0.05) is 6.92 Å². The van der Waals surface area contributed by atoms with Gasteiger partial charge >= 0.3 is 6.09 Å². The van der Waals surface area contributed by atoms with E-state index in [9.17, 15) is 4.79 Å². The Morgan fingerprint density at radius 1 is 1.47 bits per heavy atom. The molecule has 2 unspecified atom stereocenters. The standard InChI is InChI=1S/C14H25NO2/c1-5-14-7-6-11(8-14)9-15(10-14)12(16)17-13(2,3)4/h11H,5-10H2,1-4H3. The maximum atomic E-state index is 12.1. The molecule has 3 heteroatoms. The Balaban J connectivity index is 2.01. The van der Waals surface area contributed by atoms with E-state index in [-0.39, 0.29) is 11.7 Å². The second-order valence-electron chi connectivity index (χ2n) is 6.82. The fraction of sp³-hybridized carbons (Fsp3) is 0.929. The van der Waals surface area contributed by atoms with Crippen LogP contribution in [0.5, 0.6) is 0 Å². The zero-order valence-electron chi connectivity index (χ0n) is 11.6. The Hall–Kier alpha value is -0.730. The van der Waals surface area contributed by atoms with E-state index in [0.717, 1.165) is 13.1 Å². The lowest BCUT2D eigenvalue weighted by Crippen LogP contribution is -2.47. The fourth-order valence-electron chi connectivity index (χ4n) is 3.31. The molecular weight excluding hydrogens is 214 g/mol. The minimum Gasteiger partial charge on any atom is -0.444 e. The van der Waals surface area contributed by atoms with Crippen LogP contribution in [0.4, 0.5) is 4.79 Å². The molecule has 1 amide bonds. The normalized spacial score (nSPS) is 32.7. The van der Waals surface area contributed by atoms with E-state index in [1.54, 1.807) is 0 Å². The van der Waals surface area contributed by atoms with E-state index in [0.29, 0.717) is 11.3 Å². The molecule has 17 heavy (non-hydrogen) atoms. The molecule has 1 saturated carbocycles. The number of ether oxygens (including phenoxy) is 1. The summed E-state index contributed by atoms with van der Waals surface area (Å²) in [6.07, 6.45) is 4.94. The molecule has 2 aliphatic rings. The summed E-state index contributed by atoms with van der Waals surface area (Å²) in [5.74, 6) is 0.705. The van der Waals surface area contributed by atoms with Gasteiger partial charge in [-0.25, -0.2) is 4.79 Å². The molecular formula is C14H25NO2. The average molecular weight is 239 g/mol. The second kappa shape index (κ2) is 4.18. The quantitative estimate of drug-likeness (QED) is 0.701. The predicted octanol–water partition coefficient (Wildman–Crippen LogP) is 3.43. The van der Waals surface area contributed by atoms with Gasteiger partial charge in [-0.05, 0) is 57.8 Å². The van der Waals surface area contributed by atoms with Gasteiger partial charge in [-0.15, -0.1) is 0 Å². The summed E-state index contributed by atoms with van der Waals surface area (Å²) in [5.41, 5.74) is 0.00672. The summed E-state index contributed by atoms with van der Waals surface area (Å²) < 4.78 is 5.48. The fourth-order valence-corrected chi connectivity index (χ4v) is 3.31. The SMILES string of the molecule is CCC12CCC(CN(C(=O)OC(C)(C)C)C1)C2. The molecule has 1 saturated heterocycles. The number of carbonyl (C=O) groups is 1. The van der Waals surface area contributed by atoms with Crippen molar-refractivity contribution in [3.63, 3.8) is 0 Å². The summed E-state index contributed by atoms with van der Waals surface area (Å²) in [6.45, 7) is 9.84. The number of carbonyl (C=O) groups excluding carboxylic acids is 1. The first-order valence-corrected chi connectivity index (χ1v) is 6.81. The van der Waals surface area contributed by atoms with Crippen molar-refractivity contribution in [3.05, 3.63) is 0 Å². The predicted molar refractivity (Wildman–Crippen MR) is 67.9 cm³/mol. The van der Waals surface area contributed by atoms with E-state index in [2.05, 4.69) is 6.92 Å². The largest absolute Gasteiger partial charge is 0.444 e. The number of fused-ring (bicyclic) bond motifs is 2. The Morgan fingerprint density at radius 2 is 2.18 bits per heavy atom. The minimum atomic E-state index is -0.382. The number of rotatable bonds is 1. The van der Waals surface area contributed by atoms with Crippen LogP contribution >= 0.6 is 0 Å². The van der Waals surface area contributed by atoms with Gasteiger partial charge in [0.05, 0.1) is 0 Å². The van der Waals surface area contributed by atoms with Crippen LogP contribution in [-0.2, 0) is 4.74 Å². The second-order valence-corrected chi connectivity index (χ2v) is 6.82. The maximum Gasteiger partial charge on any atom is 0.410 e. The lowest BCUT2D eigenvalue weighted by atomic mass is 9.80. The van der Waals surface area contributed by atoms with Crippen molar-refractivity contribution in [3.8, 4) is 0 Å². The van der Waals surface area contributed by atoms with Gasteiger partial charge in [-0.2, -0.15) is 0 Å². The molecule has 2 bridgehead atoms. The van der Waals surface area contributed by atoms with E-state index >= 15 is 0 Å². The Morgan fingerprint density at radius 3 is 2.76 bits per heavy atom. The van der Waals surface area contributed by atoms with Crippen LogP contribution in [0, 0.1) is 11.3 Å². The van der Waals surface area contributed by atoms with Crippen LogP contribution < -0.4 is 0 Å². The van der Waals surface area contributed by atoms with Gasteiger partial charge < -0.3 is 9.64 Å². The maximum absolute atomic E-state index is 12.1. The van der Waals surface area contributed by atoms with Crippen molar-refractivity contribution in [2.24, 2.45) is 11.3 Å². The highest BCUT2D eigenvalue weighted by Crippen LogP contribution is 2.48. The average Bonchev–Trinajstić information content (AvgIpc) is 2.52. The molecule has 1 heterocycles. The molecule has 0 aromatic carbocycles. The first-order valence-electron chi connectivity index (χ1n) is 6.81. The molecule has 0 aromatic rings. The molecule has 2 atom stereocenters. The highest BCUT2D eigenvalue weighted by molar-refractivity contribution is 5.68. The van der Waals surface area contributed by atoms with Crippen molar-refractivity contribution in [2.45, 2.75) is 59.0 Å². The molecule has 98 valence electrons. The third kappa shape index (κ3) is 2.75. The number of hydrogen-bond acceptors (Lipinski definition) is 2. The number of likely N-dealkylation sites (tertiary alicyclic amines) is 1. The van der Waals surface area contributed by atoms with Crippen molar-refractivity contribution in [1.29, 1.82) is 0 Å². The first-order chi connectivity index (χ1) is 7.84. The Bertz CT molecular complexity index is 308. The van der Waals surface area contributed by atoms with Gasteiger partial charge in [0.15, 0.2) is 0 Å². The molecule has 3 nitrogen and oxygen atoms in total. The highest BCUT2D eigenvalue weighted by Gasteiger charge is 2.45. The summed E-state index contributed by atoms with van der Waals surface area (Å²) in [4.78, 5) is 14.0. The summed E-state index contributed by atoms with van der Waals surface area (Å²) in [5, 5.41) is 0. The number of hydrogen-bond donors (Lipinski definition) is 0. The smallest absolute Gasteiger partial charge is 0.410 e. The monoisotopic (exact) mass is 239 g/mol. The molecule has 0 spiro atoms. The summed E-state index contributed by atoms with van der Waals surface area (Å²) >= 11 is 0. The minimum absolute atomic E-state index is 0.123. The van der Waals surface area contributed by atoms with Gasteiger partial charge in [0.1, 0.15) is 5.60 Å². The van der Waals surface area contributed by atoms with Crippen LogP contribution in [0.25, 0.3) is 0 Å². The van der Waals surface area contributed by atoms with Gasteiger partial charge in [-0.3, -0.25) is 0 Å². The number of nitrogens with zero attached hydrogens (tertiary/aromatic N) is 1. The summed E-state index contributed by atoms with van der Waals surface area (Å²) in [6, 6.07) is 0. The van der Waals surface area contributed by atoms with Crippen LogP contribution in [0.3, 0.4) is 0 Å². The first kappa shape index (κ1) is 12.7. The number of amides is 1. The molecule has 0 aromatic heterocycles. The Kier molecular flexibility index (Phi) is 3.13. The molecule has 2 rings (SSSR count). The van der Waals surface area contributed by atoms with E-state index in [1.165, 1.54) is 25.7 Å². The zero-order chi connectivity index (χ0) is 12.7. The molecule has 1 aliphatic heterocycles. The van der Waals surface area contributed by atoms with Crippen molar-refractivity contribution in [2.75, 3.05) is 13.1 Å². The van der Waals surface area contributed by atoms with Crippen molar-refractivity contribution >= 4 is 6.09 Å². The van der Waals surface area contributed by atoms with Gasteiger partial charge in [0.25, 0.3) is 0 Å². The van der Waals surface area contributed by atoms with E-state index in [4.69, 9.17) is 4.74 Å². The lowest BCUT2D eigenvalue weighted by molar-refractivity contribution is 0.00427. The van der Waals surface area contributed by atoms with Crippen molar-refractivity contribution in [1.82, 2.24) is 4.90 Å². The van der Waals surface area contributed by atoms with Crippen LogP contribution in [0.1, 0.15) is 53.4 Å². The van der Waals surface area contributed by atoms with Gasteiger partial charge in [0, 0.05) is 13.1 Å². The lowest BCUT2D eigenvalue weighted by Gasteiger charge is -2.40. The van der Waals surface area contributed by atoms with E-state index in [1.807, 2.05) is 25.7 Å². The molecule has 2 fully saturated rings. The van der Waals surface area contributed by atoms with Crippen LogP contribution in [0.15, 0.2) is 0 Å². The molecule has 0 radical (unpaired) electrons.